The van der Waals surface area contributed by atoms with Crippen molar-refractivity contribution >= 4 is 11.6 Å². The van der Waals surface area contributed by atoms with Gasteiger partial charge in [0.25, 0.3) is 5.91 Å². The molecule has 0 unspecified atom stereocenters. The molecule has 0 radical (unpaired) electrons. The van der Waals surface area contributed by atoms with Crippen LogP contribution in [0.2, 0.25) is 0 Å². The summed E-state index contributed by atoms with van der Waals surface area (Å²) in [4.78, 5) is 13.9. The minimum Gasteiger partial charge on any atom is -0.364 e. The number of anilines is 1. The van der Waals surface area contributed by atoms with E-state index in [0.717, 1.165) is 12.8 Å². The summed E-state index contributed by atoms with van der Waals surface area (Å²) in [5.74, 6) is -0.335. The van der Waals surface area contributed by atoms with Crippen LogP contribution in [0.3, 0.4) is 0 Å². The molecule has 0 aromatic heterocycles. The van der Waals surface area contributed by atoms with Gasteiger partial charge in [0.05, 0.1) is 0 Å². The first-order chi connectivity index (χ1) is 9.01. The molecule has 19 heavy (non-hydrogen) atoms. The zero-order valence-electron chi connectivity index (χ0n) is 10.8. The fourth-order valence-electron chi connectivity index (χ4n) is 2.89. The van der Waals surface area contributed by atoms with Gasteiger partial charge in [-0.25, -0.2) is 4.39 Å². The van der Waals surface area contributed by atoms with Gasteiger partial charge in [-0.2, -0.15) is 0 Å². The number of hydrogen-bond donors (Lipinski definition) is 2. The highest BCUT2D eigenvalue weighted by molar-refractivity contribution is 6.04. The van der Waals surface area contributed by atoms with Crippen LogP contribution in [-0.4, -0.2) is 29.0 Å². The Labute approximate surface area is 111 Å². The number of likely N-dealkylation sites (tertiary alicyclic amines) is 1. The number of carbonyl (C=O) groups excluding carboxylic acids is 1. The Hall–Kier alpha value is -1.46. The number of fused-ring (bicyclic) bond motifs is 1. The fourth-order valence-corrected chi connectivity index (χ4v) is 2.89. The minimum atomic E-state index is -1.72. The molecule has 2 aliphatic rings. The van der Waals surface area contributed by atoms with E-state index in [1.54, 1.807) is 4.90 Å². The summed E-state index contributed by atoms with van der Waals surface area (Å²) < 4.78 is 13.4. The van der Waals surface area contributed by atoms with Crippen LogP contribution < -0.4 is 5.32 Å². The average Bonchev–Trinajstić information content (AvgIpc) is 2.64. The van der Waals surface area contributed by atoms with Crippen molar-refractivity contribution in [3.05, 3.63) is 29.6 Å². The van der Waals surface area contributed by atoms with E-state index < -0.39 is 17.4 Å². The molecule has 4 nitrogen and oxygen atoms in total. The summed E-state index contributed by atoms with van der Waals surface area (Å²) in [6, 6.07) is 4.02. The van der Waals surface area contributed by atoms with E-state index in [1.807, 2.05) is 0 Å². The van der Waals surface area contributed by atoms with Crippen LogP contribution in [0.4, 0.5) is 10.1 Å². The van der Waals surface area contributed by atoms with Crippen molar-refractivity contribution in [1.82, 2.24) is 4.90 Å². The number of rotatable bonds is 1. The summed E-state index contributed by atoms with van der Waals surface area (Å²) in [5.41, 5.74) is -0.906. The van der Waals surface area contributed by atoms with Crippen LogP contribution in [0.5, 0.6) is 0 Å². The predicted molar refractivity (Wildman–Crippen MR) is 68.9 cm³/mol. The van der Waals surface area contributed by atoms with Crippen molar-refractivity contribution in [2.75, 3.05) is 18.4 Å². The number of halogens is 1. The number of nitrogens with zero attached hydrogens (tertiary/aromatic N) is 1. The maximum atomic E-state index is 13.4. The number of benzene rings is 1. The summed E-state index contributed by atoms with van der Waals surface area (Å²) in [7, 11) is 0. The summed E-state index contributed by atoms with van der Waals surface area (Å²) >= 11 is 0. The Bertz CT molecular complexity index is 526. The van der Waals surface area contributed by atoms with Gasteiger partial charge in [0, 0.05) is 24.3 Å². The Morgan fingerprint density at radius 3 is 2.79 bits per heavy atom. The van der Waals surface area contributed by atoms with E-state index in [2.05, 4.69) is 12.2 Å². The van der Waals surface area contributed by atoms with Gasteiger partial charge in [-0.05, 0) is 37.0 Å². The number of carbonyl (C=O) groups is 1. The van der Waals surface area contributed by atoms with Gasteiger partial charge in [-0.15, -0.1) is 0 Å². The average molecular weight is 264 g/mol. The second kappa shape index (κ2) is 4.28. The lowest BCUT2D eigenvalue weighted by atomic mass is 9.94. The Morgan fingerprint density at radius 2 is 2.11 bits per heavy atom. The molecular formula is C14H17FN2O2. The van der Waals surface area contributed by atoms with E-state index in [-0.39, 0.29) is 0 Å². The molecule has 1 aromatic rings. The topological polar surface area (TPSA) is 52.6 Å². The van der Waals surface area contributed by atoms with Crippen LogP contribution in [0.25, 0.3) is 0 Å². The first kappa shape index (κ1) is 12.6. The third-order valence-corrected chi connectivity index (χ3v) is 4.16. The van der Waals surface area contributed by atoms with Crippen LogP contribution in [0.15, 0.2) is 18.2 Å². The third-order valence-electron chi connectivity index (χ3n) is 4.16. The van der Waals surface area contributed by atoms with Gasteiger partial charge < -0.3 is 10.4 Å². The SMILES string of the molecule is CC1CCN([C@@]2(O)C(=O)Nc3ccc(F)cc32)CC1. The van der Waals surface area contributed by atoms with E-state index >= 15 is 0 Å². The van der Waals surface area contributed by atoms with E-state index in [4.69, 9.17) is 0 Å². The summed E-state index contributed by atoms with van der Waals surface area (Å²) in [5, 5.41) is 13.4. The largest absolute Gasteiger partial charge is 0.364 e. The number of aliphatic hydroxyl groups is 1. The fraction of sp³-hybridized carbons (Fsp3) is 0.500. The molecule has 1 fully saturated rings. The second-order valence-corrected chi connectivity index (χ2v) is 5.49. The van der Waals surface area contributed by atoms with Gasteiger partial charge in [-0.3, -0.25) is 9.69 Å². The molecule has 1 aromatic carbocycles. The molecule has 1 atom stereocenters. The van der Waals surface area contributed by atoms with E-state index in [9.17, 15) is 14.3 Å². The Balaban J connectivity index is 1.99. The molecule has 0 aliphatic carbocycles. The number of piperidine rings is 1. The minimum absolute atomic E-state index is 0.326. The highest BCUT2D eigenvalue weighted by atomic mass is 19.1. The molecule has 3 rings (SSSR count). The smallest absolute Gasteiger partial charge is 0.276 e. The standard InChI is InChI=1S/C14H17FN2O2/c1-9-4-6-17(7-5-9)14(19)11-8-10(15)2-3-12(11)16-13(14)18/h2-3,8-9,19H,4-7H2,1H3,(H,16,18)/t14-/m0/s1. The lowest BCUT2D eigenvalue weighted by Gasteiger charge is -2.39. The molecular weight excluding hydrogens is 247 g/mol. The molecule has 0 bridgehead atoms. The van der Waals surface area contributed by atoms with Crippen molar-refractivity contribution in [1.29, 1.82) is 0 Å². The Morgan fingerprint density at radius 1 is 1.42 bits per heavy atom. The quantitative estimate of drug-likeness (QED) is 0.811. The van der Waals surface area contributed by atoms with Gasteiger partial charge in [0.1, 0.15) is 5.82 Å². The zero-order valence-corrected chi connectivity index (χ0v) is 10.8. The number of hydrogen-bond acceptors (Lipinski definition) is 3. The molecule has 0 saturated carbocycles. The highest BCUT2D eigenvalue weighted by Gasteiger charge is 2.50. The van der Waals surface area contributed by atoms with E-state index in [1.165, 1.54) is 18.2 Å². The van der Waals surface area contributed by atoms with Crippen LogP contribution in [0.1, 0.15) is 25.3 Å². The summed E-state index contributed by atoms with van der Waals surface area (Å²) in [6.07, 6.45) is 1.86. The molecule has 5 heteroatoms. The predicted octanol–water partition coefficient (Wildman–Crippen LogP) is 1.65. The van der Waals surface area contributed by atoms with E-state index in [0.29, 0.717) is 30.3 Å². The second-order valence-electron chi connectivity index (χ2n) is 5.49. The molecule has 2 aliphatic heterocycles. The van der Waals surface area contributed by atoms with Gasteiger partial charge in [-0.1, -0.05) is 6.92 Å². The molecule has 1 saturated heterocycles. The lowest BCUT2D eigenvalue weighted by Crippen LogP contribution is -2.53. The Kier molecular flexibility index (Phi) is 2.83. The van der Waals surface area contributed by atoms with Crippen molar-refractivity contribution in [3.8, 4) is 0 Å². The number of amides is 1. The third kappa shape index (κ3) is 1.84. The maximum Gasteiger partial charge on any atom is 0.276 e. The summed E-state index contributed by atoms with van der Waals surface area (Å²) in [6.45, 7) is 3.44. The first-order valence-electron chi connectivity index (χ1n) is 6.60. The van der Waals surface area contributed by atoms with Gasteiger partial charge in [0.2, 0.25) is 5.72 Å². The number of nitrogens with one attached hydrogen (secondary N) is 1. The molecule has 2 heterocycles. The first-order valence-corrected chi connectivity index (χ1v) is 6.60. The maximum absolute atomic E-state index is 13.4. The van der Waals surface area contributed by atoms with Crippen molar-refractivity contribution in [3.63, 3.8) is 0 Å². The lowest BCUT2D eigenvalue weighted by molar-refractivity contribution is -0.162. The molecule has 0 spiro atoms. The van der Waals surface area contributed by atoms with Gasteiger partial charge in [0.15, 0.2) is 0 Å². The molecule has 2 N–H and O–H groups in total. The zero-order chi connectivity index (χ0) is 13.6. The van der Waals surface area contributed by atoms with Crippen LogP contribution >= 0.6 is 0 Å². The molecule has 1 amide bonds. The van der Waals surface area contributed by atoms with Gasteiger partial charge >= 0.3 is 0 Å². The van der Waals surface area contributed by atoms with Crippen molar-refractivity contribution < 1.29 is 14.3 Å². The van der Waals surface area contributed by atoms with Crippen LogP contribution in [-0.2, 0) is 10.5 Å². The monoisotopic (exact) mass is 264 g/mol. The van der Waals surface area contributed by atoms with Crippen molar-refractivity contribution in [2.45, 2.75) is 25.5 Å². The van der Waals surface area contributed by atoms with Crippen LogP contribution in [0, 0.1) is 11.7 Å². The van der Waals surface area contributed by atoms with Crippen molar-refractivity contribution in [2.24, 2.45) is 5.92 Å². The molecule has 102 valence electrons. The highest BCUT2D eigenvalue weighted by Crippen LogP contribution is 2.40. The normalized spacial score (nSPS) is 28.3.